The molecule has 0 saturated carbocycles. The summed E-state index contributed by atoms with van der Waals surface area (Å²) in [6.07, 6.45) is 9.79. The molecule has 0 saturated heterocycles. The van der Waals surface area contributed by atoms with E-state index in [9.17, 15) is 4.79 Å². The fraction of sp³-hybridized carbons (Fsp3) is 0.909. The van der Waals surface area contributed by atoms with Gasteiger partial charge in [0.2, 0.25) is 0 Å². The Morgan fingerprint density at radius 1 is 1.12 bits per heavy atom. The van der Waals surface area contributed by atoms with Crippen LogP contribution >= 0.6 is 0 Å². The van der Waals surface area contributed by atoms with E-state index in [2.05, 4.69) is 22.0 Å². The van der Waals surface area contributed by atoms with E-state index in [0.29, 0.717) is 6.42 Å². The normalized spacial score (nSPS) is 9.56. The lowest BCUT2D eigenvalue weighted by Gasteiger charge is -2.00. The molecule has 0 aliphatic carbocycles. The lowest BCUT2D eigenvalue weighted by molar-refractivity contribution is -0.144. The highest BCUT2D eigenvalue weighted by atomic mass is 16.7. The SMILES string of the molecule is CCCCCCCCCCC(=O)ON=[N+]=[N-]. The molecule has 0 heterocycles. The monoisotopic (exact) mass is 227 g/mol. The Morgan fingerprint density at radius 2 is 1.69 bits per heavy atom. The minimum Gasteiger partial charge on any atom is -0.359 e. The van der Waals surface area contributed by atoms with Gasteiger partial charge in [0.15, 0.2) is 0 Å². The zero-order valence-electron chi connectivity index (χ0n) is 10.0. The van der Waals surface area contributed by atoms with E-state index in [-0.39, 0.29) is 0 Å². The summed E-state index contributed by atoms with van der Waals surface area (Å²) in [5.41, 5.74) is 7.91. The number of carbonyl (C=O) groups is 1. The van der Waals surface area contributed by atoms with E-state index in [1.54, 1.807) is 0 Å². The summed E-state index contributed by atoms with van der Waals surface area (Å²) in [4.78, 5) is 17.5. The third-order valence-corrected chi connectivity index (χ3v) is 2.41. The number of unbranched alkanes of at least 4 members (excludes halogenated alkanes) is 7. The predicted molar refractivity (Wildman–Crippen MR) is 62.5 cm³/mol. The average Bonchev–Trinajstić information content (AvgIpc) is 2.30. The molecule has 16 heavy (non-hydrogen) atoms. The van der Waals surface area contributed by atoms with Crippen molar-refractivity contribution < 1.29 is 9.63 Å². The van der Waals surface area contributed by atoms with Gasteiger partial charge in [-0.25, -0.2) is 0 Å². The van der Waals surface area contributed by atoms with Crippen molar-refractivity contribution in [2.45, 2.75) is 64.7 Å². The second-order valence-electron chi connectivity index (χ2n) is 3.86. The Bertz CT molecular complexity index is 225. The summed E-state index contributed by atoms with van der Waals surface area (Å²) < 4.78 is 0. The standard InChI is InChI=1S/C11H21N3O2/c1-2-3-4-5-6-7-8-9-10-11(15)16-14-13-12/h2-10H2,1H3. The fourth-order valence-corrected chi connectivity index (χ4v) is 1.51. The highest BCUT2D eigenvalue weighted by molar-refractivity contribution is 5.68. The van der Waals surface area contributed by atoms with Crippen LogP contribution in [0.2, 0.25) is 0 Å². The predicted octanol–water partition coefficient (Wildman–Crippen LogP) is 4.29. The van der Waals surface area contributed by atoms with Gasteiger partial charge in [-0.15, -0.1) is 0 Å². The largest absolute Gasteiger partial charge is 0.359 e. The highest BCUT2D eigenvalue weighted by Gasteiger charge is 2.00. The molecule has 0 aliphatic rings. The minimum atomic E-state index is -0.441. The first-order valence-electron chi connectivity index (χ1n) is 6.05. The van der Waals surface area contributed by atoms with Crippen molar-refractivity contribution >= 4 is 5.97 Å². The number of hydrogen-bond donors (Lipinski definition) is 0. The van der Waals surface area contributed by atoms with Crippen LogP contribution in [0.4, 0.5) is 0 Å². The first-order chi connectivity index (χ1) is 7.81. The van der Waals surface area contributed by atoms with Crippen LogP contribution in [0.15, 0.2) is 5.28 Å². The molecule has 92 valence electrons. The second-order valence-corrected chi connectivity index (χ2v) is 3.86. The molecule has 0 rings (SSSR count). The number of rotatable bonds is 10. The molecule has 0 fully saturated rings. The van der Waals surface area contributed by atoms with E-state index in [1.807, 2.05) is 0 Å². The second kappa shape index (κ2) is 11.9. The quantitative estimate of drug-likeness (QED) is 0.183. The van der Waals surface area contributed by atoms with E-state index in [0.717, 1.165) is 12.8 Å². The molecule has 0 aliphatic heterocycles. The maximum atomic E-state index is 10.9. The molecule has 0 atom stereocenters. The number of carbonyl (C=O) groups excluding carboxylic acids is 1. The Morgan fingerprint density at radius 3 is 2.25 bits per heavy atom. The molecular formula is C11H21N3O2. The molecule has 0 amide bonds. The Kier molecular flexibility index (Phi) is 10.9. The number of nitrogens with zero attached hydrogens (tertiary/aromatic N) is 3. The van der Waals surface area contributed by atoms with Crippen LogP contribution in [-0.2, 0) is 9.63 Å². The third kappa shape index (κ3) is 10.9. The smallest absolute Gasteiger partial charge is 0.317 e. The molecule has 0 aromatic heterocycles. The van der Waals surface area contributed by atoms with Gasteiger partial charge in [0.05, 0.1) is 0 Å². The van der Waals surface area contributed by atoms with E-state index in [1.165, 1.54) is 38.5 Å². The van der Waals surface area contributed by atoms with Crippen molar-refractivity contribution in [3.63, 3.8) is 0 Å². The maximum absolute atomic E-state index is 10.9. The van der Waals surface area contributed by atoms with Gasteiger partial charge in [-0.3, -0.25) is 4.79 Å². The van der Waals surface area contributed by atoms with Crippen LogP contribution in [-0.4, -0.2) is 5.97 Å². The van der Waals surface area contributed by atoms with Crippen LogP contribution in [0.5, 0.6) is 0 Å². The summed E-state index contributed by atoms with van der Waals surface area (Å²) in [6, 6.07) is 0. The molecule has 0 aromatic rings. The van der Waals surface area contributed by atoms with Crippen molar-refractivity contribution in [2.24, 2.45) is 5.28 Å². The topological polar surface area (TPSA) is 75.1 Å². The number of azide groups is 1. The Hall–Kier alpha value is -1.22. The summed E-state index contributed by atoms with van der Waals surface area (Å²) in [5, 5.41) is 2.75. The van der Waals surface area contributed by atoms with Crippen LogP contribution in [0, 0.1) is 0 Å². The Balaban J connectivity index is 3.14. The van der Waals surface area contributed by atoms with Gasteiger partial charge in [-0.05, 0) is 12.0 Å². The van der Waals surface area contributed by atoms with Crippen LogP contribution in [0.3, 0.4) is 0 Å². The zero-order chi connectivity index (χ0) is 12.1. The summed E-state index contributed by atoms with van der Waals surface area (Å²) in [6.45, 7) is 2.20. The van der Waals surface area contributed by atoms with Crippen molar-refractivity contribution in [2.75, 3.05) is 0 Å². The van der Waals surface area contributed by atoms with E-state index in [4.69, 9.17) is 5.53 Å². The molecule has 0 N–H and O–H groups in total. The van der Waals surface area contributed by atoms with Crippen LogP contribution in [0.1, 0.15) is 64.7 Å². The molecule has 0 bridgehead atoms. The molecule has 5 nitrogen and oxygen atoms in total. The first kappa shape index (κ1) is 14.8. The first-order valence-corrected chi connectivity index (χ1v) is 6.05. The van der Waals surface area contributed by atoms with Crippen molar-refractivity contribution in [1.82, 2.24) is 0 Å². The maximum Gasteiger partial charge on any atom is 0.317 e. The summed E-state index contributed by atoms with van der Waals surface area (Å²) in [7, 11) is 0. The zero-order valence-corrected chi connectivity index (χ0v) is 10.0. The fourth-order valence-electron chi connectivity index (χ4n) is 1.51. The van der Waals surface area contributed by atoms with Gasteiger partial charge < -0.3 is 4.84 Å². The summed E-state index contributed by atoms with van der Waals surface area (Å²) >= 11 is 0. The van der Waals surface area contributed by atoms with Gasteiger partial charge in [0.25, 0.3) is 0 Å². The molecule has 0 aromatic carbocycles. The molecule has 0 radical (unpaired) electrons. The average molecular weight is 227 g/mol. The van der Waals surface area contributed by atoms with Crippen LogP contribution in [0.25, 0.3) is 10.4 Å². The van der Waals surface area contributed by atoms with Gasteiger partial charge in [-0.1, -0.05) is 51.9 Å². The van der Waals surface area contributed by atoms with Crippen molar-refractivity contribution in [3.05, 3.63) is 10.4 Å². The van der Waals surface area contributed by atoms with Gasteiger partial charge in [-0.2, -0.15) is 0 Å². The lowest BCUT2D eigenvalue weighted by atomic mass is 10.1. The molecule has 5 heteroatoms. The summed E-state index contributed by atoms with van der Waals surface area (Å²) in [5.74, 6) is -0.441. The van der Waals surface area contributed by atoms with Gasteiger partial charge in [0.1, 0.15) is 5.28 Å². The highest BCUT2D eigenvalue weighted by Crippen LogP contribution is 2.09. The molecule has 0 spiro atoms. The van der Waals surface area contributed by atoms with Gasteiger partial charge in [0, 0.05) is 11.3 Å². The van der Waals surface area contributed by atoms with Crippen LogP contribution < -0.4 is 0 Å². The number of hydrogen-bond acceptors (Lipinski definition) is 3. The molecule has 0 unspecified atom stereocenters. The van der Waals surface area contributed by atoms with Gasteiger partial charge >= 0.3 is 5.97 Å². The van der Waals surface area contributed by atoms with E-state index < -0.39 is 5.97 Å². The minimum absolute atomic E-state index is 0.341. The Labute approximate surface area is 96.8 Å². The van der Waals surface area contributed by atoms with Crippen molar-refractivity contribution in [3.8, 4) is 0 Å². The van der Waals surface area contributed by atoms with Crippen molar-refractivity contribution in [1.29, 1.82) is 0 Å². The van der Waals surface area contributed by atoms with E-state index >= 15 is 0 Å². The third-order valence-electron chi connectivity index (χ3n) is 2.41. The lowest BCUT2D eigenvalue weighted by Crippen LogP contribution is -1.98. The molecular weight excluding hydrogens is 206 g/mol.